The predicted octanol–water partition coefficient (Wildman–Crippen LogP) is 7.11. The average Bonchev–Trinajstić information content (AvgIpc) is 3.76. The highest BCUT2D eigenvalue weighted by atomic mass is 19.4. The highest BCUT2D eigenvalue weighted by Gasteiger charge is 2.35. The molecule has 0 unspecified atom stereocenters. The van der Waals surface area contributed by atoms with Crippen LogP contribution in [0.1, 0.15) is 72.9 Å². The summed E-state index contributed by atoms with van der Waals surface area (Å²) in [6.07, 6.45) is -1.38. The van der Waals surface area contributed by atoms with Crippen molar-refractivity contribution in [3.05, 3.63) is 53.1 Å². The SMILES string of the molecule is O=C(Nc1cc(N2CCC(N3CCCC3)CC2)cc(C(F)(F)F)c1)c1cc(N2CCC(N3CCCC3)CC2)cc(C(F)(F)F)c1. The number of piperidine rings is 2. The molecule has 4 heterocycles. The molecule has 0 saturated carbocycles. The van der Waals surface area contributed by atoms with Gasteiger partial charge in [-0.3, -0.25) is 4.79 Å². The summed E-state index contributed by atoms with van der Waals surface area (Å²) in [5.41, 5.74) is -1.59. The number of nitrogens with one attached hydrogen (secondary N) is 1. The second-order valence-corrected chi connectivity index (χ2v) is 12.9. The second kappa shape index (κ2) is 13.0. The molecule has 0 atom stereocenters. The number of anilines is 3. The number of likely N-dealkylation sites (tertiary alicyclic amines) is 2. The zero-order chi connectivity index (χ0) is 31.8. The van der Waals surface area contributed by atoms with Crippen LogP contribution in [-0.4, -0.2) is 80.1 Å². The van der Waals surface area contributed by atoms with Gasteiger partial charge in [0.25, 0.3) is 5.91 Å². The molecule has 2 aromatic carbocycles. The van der Waals surface area contributed by atoms with E-state index < -0.39 is 29.4 Å². The van der Waals surface area contributed by atoms with Crippen LogP contribution in [-0.2, 0) is 12.4 Å². The molecule has 0 aromatic heterocycles. The van der Waals surface area contributed by atoms with E-state index in [9.17, 15) is 31.1 Å². The number of hydrogen-bond donors (Lipinski definition) is 1. The highest BCUT2D eigenvalue weighted by molar-refractivity contribution is 6.05. The summed E-state index contributed by atoms with van der Waals surface area (Å²) in [6.45, 7) is 6.50. The van der Waals surface area contributed by atoms with Crippen LogP contribution < -0.4 is 15.1 Å². The van der Waals surface area contributed by atoms with E-state index >= 15 is 0 Å². The van der Waals surface area contributed by atoms with Crippen LogP contribution in [0.3, 0.4) is 0 Å². The van der Waals surface area contributed by atoms with Crippen molar-refractivity contribution in [2.45, 2.75) is 75.8 Å². The van der Waals surface area contributed by atoms with Crippen LogP contribution in [0.15, 0.2) is 36.4 Å². The molecule has 1 amide bonds. The second-order valence-electron chi connectivity index (χ2n) is 12.9. The molecular formula is C33H41F6N5O. The van der Waals surface area contributed by atoms with Gasteiger partial charge in [-0.15, -0.1) is 0 Å². The van der Waals surface area contributed by atoms with Crippen LogP contribution in [0.2, 0.25) is 0 Å². The fraction of sp³-hybridized carbons (Fsp3) is 0.606. The lowest BCUT2D eigenvalue weighted by atomic mass is 10.0. The van der Waals surface area contributed by atoms with Gasteiger partial charge in [0, 0.05) is 60.9 Å². The average molecular weight is 638 g/mol. The summed E-state index contributed by atoms with van der Waals surface area (Å²) >= 11 is 0. The molecule has 2 aromatic rings. The topological polar surface area (TPSA) is 42.1 Å². The number of nitrogens with zero attached hydrogens (tertiary/aromatic N) is 4. The highest BCUT2D eigenvalue weighted by Crippen LogP contribution is 2.37. The molecule has 0 spiro atoms. The van der Waals surface area contributed by atoms with Gasteiger partial charge in [-0.25, -0.2) is 0 Å². The van der Waals surface area contributed by atoms with Crippen molar-refractivity contribution >= 4 is 23.0 Å². The van der Waals surface area contributed by atoms with Gasteiger partial charge < -0.3 is 24.9 Å². The van der Waals surface area contributed by atoms with Crippen molar-refractivity contribution < 1.29 is 31.1 Å². The van der Waals surface area contributed by atoms with Crippen LogP contribution in [0, 0.1) is 0 Å². The number of halogens is 6. The number of amides is 1. The third-order valence-electron chi connectivity index (χ3n) is 9.98. The van der Waals surface area contributed by atoms with Crippen molar-refractivity contribution in [1.82, 2.24) is 9.80 Å². The smallest absolute Gasteiger partial charge is 0.371 e. The molecule has 4 fully saturated rings. The van der Waals surface area contributed by atoms with Crippen molar-refractivity contribution in [3.8, 4) is 0 Å². The number of hydrogen-bond acceptors (Lipinski definition) is 5. The van der Waals surface area contributed by atoms with Gasteiger partial charge in [0.15, 0.2) is 0 Å². The van der Waals surface area contributed by atoms with Gasteiger partial charge in [-0.05, 0) is 114 Å². The van der Waals surface area contributed by atoms with Crippen molar-refractivity contribution in [2.75, 3.05) is 67.5 Å². The number of benzene rings is 2. The molecule has 0 aliphatic carbocycles. The molecule has 4 aliphatic rings. The Kier molecular flexibility index (Phi) is 9.25. The van der Waals surface area contributed by atoms with E-state index in [0.717, 1.165) is 89.0 Å². The van der Waals surface area contributed by atoms with E-state index in [0.29, 0.717) is 49.6 Å². The Bertz CT molecular complexity index is 1340. The monoisotopic (exact) mass is 637 g/mol. The quantitative estimate of drug-likeness (QED) is 0.342. The summed E-state index contributed by atoms with van der Waals surface area (Å²) in [7, 11) is 0. The molecule has 4 saturated heterocycles. The minimum Gasteiger partial charge on any atom is -0.371 e. The van der Waals surface area contributed by atoms with Gasteiger partial charge in [0.2, 0.25) is 0 Å². The van der Waals surface area contributed by atoms with Gasteiger partial charge in [0.1, 0.15) is 0 Å². The maximum atomic E-state index is 14.0. The fourth-order valence-corrected chi connectivity index (χ4v) is 7.51. The van der Waals surface area contributed by atoms with Gasteiger partial charge in [0.05, 0.1) is 11.1 Å². The maximum absolute atomic E-state index is 14.0. The molecule has 0 bridgehead atoms. The minimum absolute atomic E-state index is 0.100. The summed E-state index contributed by atoms with van der Waals surface area (Å²) in [5.74, 6) is -0.882. The fourth-order valence-electron chi connectivity index (χ4n) is 7.51. The zero-order valence-corrected chi connectivity index (χ0v) is 25.4. The Labute approximate surface area is 260 Å². The number of rotatable bonds is 6. The first kappa shape index (κ1) is 32.0. The Morgan fingerprint density at radius 2 is 1.00 bits per heavy atom. The number of carbonyl (C=O) groups excluding carboxylic acids is 1. The predicted molar refractivity (Wildman–Crippen MR) is 163 cm³/mol. The van der Waals surface area contributed by atoms with E-state index in [1.165, 1.54) is 25.0 Å². The zero-order valence-electron chi connectivity index (χ0n) is 25.4. The van der Waals surface area contributed by atoms with Crippen LogP contribution in [0.4, 0.5) is 43.4 Å². The van der Waals surface area contributed by atoms with E-state index in [-0.39, 0.29) is 11.3 Å². The van der Waals surface area contributed by atoms with Crippen LogP contribution >= 0.6 is 0 Å². The van der Waals surface area contributed by atoms with E-state index in [2.05, 4.69) is 15.1 Å². The molecule has 4 aliphatic heterocycles. The summed E-state index contributed by atoms with van der Waals surface area (Å²) < 4.78 is 83.7. The summed E-state index contributed by atoms with van der Waals surface area (Å²) in [6, 6.07) is 7.47. The third kappa shape index (κ3) is 7.53. The third-order valence-corrected chi connectivity index (χ3v) is 9.98. The van der Waals surface area contributed by atoms with Crippen LogP contribution in [0.5, 0.6) is 0 Å². The Morgan fingerprint density at radius 1 is 0.578 bits per heavy atom. The van der Waals surface area contributed by atoms with E-state index in [4.69, 9.17) is 0 Å². The summed E-state index contributed by atoms with van der Waals surface area (Å²) in [5, 5.41) is 2.49. The largest absolute Gasteiger partial charge is 0.416 e. The first-order chi connectivity index (χ1) is 21.4. The van der Waals surface area contributed by atoms with Gasteiger partial charge in [-0.2, -0.15) is 26.3 Å². The molecule has 6 nitrogen and oxygen atoms in total. The molecular weight excluding hydrogens is 596 g/mol. The minimum atomic E-state index is -4.69. The number of alkyl halides is 6. The normalized spacial score (nSPS) is 21.6. The summed E-state index contributed by atoms with van der Waals surface area (Å²) in [4.78, 5) is 22.0. The molecule has 1 N–H and O–H groups in total. The maximum Gasteiger partial charge on any atom is 0.416 e. The lowest BCUT2D eigenvalue weighted by molar-refractivity contribution is -0.138. The molecule has 246 valence electrons. The lowest BCUT2D eigenvalue weighted by Crippen LogP contribution is -2.44. The first-order valence-corrected chi connectivity index (χ1v) is 16.2. The molecule has 0 radical (unpaired) electrons. The van der Waals surface area contributed by atoms with E-state index in [1.54, 1.807) is 0 Å². The lowest BCUT2D eigenvalue weighted by Gasteiger charge is -2.38. The van der Waals surface area contributed by atoms with Crippen molar-refractivity contribution in [3.63, 3.8) is 0 Å². The van der Waals surface area contributed by atoms with Gasteiger partial charge >= 0.3 is 12.4 Å². The van der Waals surface area contributed by atoms with Gasteiger partial charge in [-0.1, -0.05) is 0 Å². The first-order valence-electron chi connectivity index (χ1n) is 16.2. The van der Waals surface area contributed by atoms with E-state index in [1.807, 2.05) is 9.80 Å². The Balaban J connectivity index is 1.21. The molecule has 6 rings (SSSR count). The van der Waals surface area contributed by atoms with Crippen LogP contribution in [0.25, 0.3) is 0 Å². The Hall–Kier alpha value is -2.99. The van der Waals surface area contributed by atoms with Crippen molar-refractivity contribution in [1.29, 1.82) is 0 Å². The standard InChI is InChI=1S/C33H41F6N5O/c34-32(35,36)24-17-23(18-29(20-24)43-13-5-27(6-14-43)41-9-1-2-10-41)31(45)40-26-19-25(33(37,38)39)21-30(22-26)44-15-7-28(8-16-44)42-11-3-4-12-42/h17-22,27-28H,1-16H2,(H,40,45). The Morgan fingerprint density at radius 3 is 1.44 bits per heavy atom. The molecule has 45 heavy (non-hydrogen) atoms. The number of carbonyl (C=O) groups is 1. The molecule has 12 heteroatoms. The van der Waals surface area contributed by atoms with Crippen molar-refractivity contribution in [2.24, 2.45) is 0 Å².